The molecule has 3 N–H and O–H groups in total. The maximum atomic E-state index is 11.6. The molecule has 4 nitrogen and oxygen atoms in total. The average Bonchev–Trinajstić information content (AvgIpc) is 2.31. The molecule has 0 aliphatic rings. The van der Waals surface area contributed by atoms with Gasteiger partial charge in [-0.1, -0.05) is 20.8 Å². The molecule has 0 bridgehead atoms. The van der Waals surface area contributed by atoms with Crippen molar-refractivity contribution in [1.29, 1.82) is 0 Å². The number of ether oxygens (including phenoxy) is 1. The number of hydrogen-bond donors (Lipinski definition) is 2. The van der Waals surface area contributed by atoms with E-state index in [0.717, 1.165) is 19.4 Å². The Morgan fingerprint density at radius 3 is 2.65 bits per heavy atom. The first kappa shape index (κ1) is 16.4. The molecule has 0 aliphatic carbocycles. The van der Waals surface area contributed by atoms with Gasteiger partial charge in [0, 0.05) is 26.7 Å². The number of carbonyl (C=O) groups excluding carboxylic acids is 1. The van der Waals surface area contributed by atoms with E-state index >= 15 is 0 Å². The molecule has 0 aliphatic heterocycles. The Kier molecular flexibility index (Phi) is 8.17. The SMILES string of the molecule is COCCC(C)(C)CNC(=O)CCC(C)CN. The van der Waals surface area contributed by atoms with Gasteiger partial charge in [0.25, 0.3) is 0 Å². The summed E-state index contributed by atoms with van der Waals surface area (Å²) in [6.45, 7) is 8.41. The van der Waals surface area contributed by atoms with Crippen LogP contribution < -0.4 is 11.1 Å². The lowest BCUT2D eigenvalue weighted by Gasteiger charge is -2.24. The van der Waals surface area contributed by atoms with Crippen molar-refractivity contribution in [3.8, 4) is 0 Å². The molecular formula is C13H28N2O2. The first-order chi connectivity index (χ1) is 7.91. The number of hydrogen-bond acceptors (Lipinski definition) is 3. The summed E-state index contributed by atoms with van der Waals surface area (Å²) in [5, 5.41) is 2.98. The number of amides is 1. The quantitative estimate of drug-likeness (QED) is 0.646. The van der Waals surface area contributed by atoms with Crippen molar-refractivity contribution in [3.05, 3.63) is 0 Å². The van der Waals surface area contributed by atoms with Crippen LogP contribution in [0.5, 0.6) is 0 Å². The molecule has 0 spiro atoms. The molecule has 0 saturated carbocycles. The van der Waals surface area contributed by atoms with Gasteiger partial charge in [0.2, 0.25) is 5.91 Å². The zero-order valence-corrected chi connectivity index (χ0v) is 11.7. The van der Waals surface area contributed by atoms with Crippen molar-refractivity contribution in [2.45, 2.75) is 40.0 Å². The Bertz CT molecular complexity index is 217. The molecule has 0 aromatic rings. The summed E-state index contributed by atoms with van der Waals surface area (Å²) in [5.41, 5.74) is 5.60. The van der Waals surface area contributed by atoms with E-state index in [1.54, 1.807) is 7.11 Å². The van der Waals surface area contributed by atoms with E-state index in [-0.39, 0.29) is 11.3 Å². The Labute approximate surface area is 105 Å². The first-order valence-corrected chi connectivity index (χ1v) is 6.37. The van der Waals surface area contributed by atoms with Crippen molar-refractivity contribution >= 4 is 5.91 Å². The van der Waals surface area contributed by atoms with Crippen LogP contribution in [-0.2, 0) is 9.53 Å². The highest BCUT2D eigenvalue weighted by Crippen LogP contribution is 2.18. The molecule has 0 aromatic carbocycles. The Morgan fingerprint density at radius 1 is 1.47 bits per heavy atom. The molecule has 0 aromatic heterocycles. The van der Waals surface area contributed by atoms with Gasteiger partial charge in [0.15, 0.2) is 0 Å². The van der Waals surface area contributed by atoms with Crippen LogP contribution >= 0.6 is 0 Å². The molecule has 0 fully saturated rings. The van der Waals surface area contributed by atoms with Gasteiger partial charge in [0.1, 0.15) is 0 Å². The van der Waals surface area contributed by atoms with Crippen LogP contribution in [0.1, 0.15) is 40.0 Å². The van der Waals surface area contributed by atoms with Gasteiger partial charge in [0.05, 0.1) is 0 Å². The van der Waals surface area contributed by atoms with Gasteiger partial charge >= 0.3 is 0 Å². The molecule has 0 rings (SSSR count). The van der Waals surface area contributed by atoms with Crippen molar-refractivity contribution in [2.24, 2.45) is 17.1 Å². The maximum Gasteiger partial charge on any atom is 0.220 e. The first-order valence-electron chi connectivity index (χ1n) is 6.37. The normalized spacial score (nSPS) is 13.5. The number of nitrogens with two attached hydrogens (primary N) is 1. The summed E-state index contributed by atoms with van der Waals surface area (Å²) >= 11 is 0. The van der Waals surface area contributed by atoms with E-state index in [2.05, 4.69) is 26.1 Å². The number of nitrogens with one attached hydrogen (secondary N) is 1. The minimum Gasteiger partial charge on any atom is -0.385 e. The standard InChI is InChI=1S/C13H28N2O2/c1-11(9-14)5-6-12(16)15-10-13(2,3)7-8-17-4/h11H,5-10,14H2,1-4H3,(H,15,16). The second-order valence-electron chi connectivity index (χ2n) is 5.56. The Morgan fingerprint density at radius 2 is 2.12 bits per heavy atom. The zero-order chi connectivity index (χ0) is 13.3. The van der Waals surface area contributed by atoms with Gasteiger partial charge in [-0.25, -0.2) is 0 Å². The lowest BCUT2D eigenvalue weighted by Crippen LogP contribution is -2.34. The molecule has 1 atom stereocenters. The van der Waals surface area contributed by atoms with Gasteiger partial charge in [-0.3, -0.25) is 4.79 Å². The van der Waals surface area contributed by atoms with Crippen LogP contribution in [-0.4, -0.2) is 32.7 Å². The van der Waals surface area contributed by atoms with E-state index in [1.807, 2.05) is 0 Å². The van der Waals surface area contributed by atoms with E-state index in [1.165, 1.54) is 0 Å². The molecule has 0 heterocycles. The minimum atomic E-state index is 0.0884. The fourth-order valence-electron chi connectivity index (χ4n) is 1.39. The molecule has 1 amide bonds. The van der Waals surface area contributed by atoms with E-state index in [0.29, 0.717) is 25.4 Å². The van der Waals surface area contributed by atoms with Crippen molar-refractivity contribution in [1.82, 2.24) is 5.32 Å². The monoisotopic (exact) mass is 244 g/mol. The number of rotatable bonds is 9. The highest BCUT2D eigenvalue weighted by molar-refractivity contribution is 5.75. The topological polar surface area (TPSA) is 64.3 Å². The molecule has 1 unspecified atom stereocenters. The van der Waals surface area contributed by atoms with Gasteiger partial charge < -0.3 is 15.8 Å². The van der Waals surface area contributed by atoms with Crippen molar-refractivity contribution in [2.75, 3.05) is 26.8 Å². The highest BCUT2D eigenvalue weighted by Gasteiger charge is 2.18. The largest absolute Gasteiger partial charge is 0.385 e. The zero-order valence-electron chi connectivity index (χ0n) is 11.7. The maximum absolute atomic E-state index is 11.6. The third-order valence-corrected chi connectivity index (χ3v) is 3.01. The molecule has 17 heavy (non-hydrogen) atoms. The third kappa shape index (κ3) is 9.12. The summed E-state index contributed by atoms with van der Waals surface area (Å²) in [6.07, 6.45) is 2.38. The van der Waals surface area contributed by atoms with Crippen molar-refractivity contribution in [3.63, 3.8) is 0 Å². The minimum absolute atomic E-state index is 0.0884. The van der Waals surface area contributed by atoms with Crippen molar-refractivity contribution < 1.29 is 9.53 Å². The average molecular weight is 244 g/mol. The van der Waals surface area contributed by atoms with E-state index < -0.39 is 0 Å². The van der Waals surface area contributed by atoms with Crippen LogP contribution in [0.2, 0.25) is 0 Å². The third-order valence-electron chi connectivity index (χ3n) is 3.01. The summed E-state index contributed by atoms with van der Waals surface area (Å²) in [6, 6.07) is 0. The van der Waals surface area contributed by atoms with E-state index in [9.17, 15) is 4.79 Å². The number of carbonyl (C=O) groups is 1. The summed E-state index contributed by atoms with van der Waals surface area (Å²) in [4.78, 5) is 11.6. The van der Waals surface area contributed by atoms with Crippen LogP contribution in [0, 0.1) is 11.3 Å². The summed E-state index contributed by atoms with van der Waals surface area (Å²) in [5.74, 6) is 0.540. The molecule has 102 valence electrons. The van der Waals surface area contributed by atoms with Gasteiger partial charge in [-0.05, 0) is 30.7 Å². The van der Waals surface area contributed by atoms with Crippen LogP contribution in [0.4, 0.5) is 0 Å². The van der Waals surface area contributed by atoms with Crippen LogP contribution in [0.15, 0.2) is 0 Å². The fraction of sp³-hybridized carbons (Fsp3) is 0.923. The van der Waals surface area contributed by atoms with Gasteiger partial charge in [-0.2, -0.15) is 0 Å². The predicted molar refractivity (Wildman–Crippen MR) is 70.7 cm³/mol. The fourth-order valence-corrected chi connectivity index (χ4v) is 1.39. The smallest absolute Gasteiger partial charge is 0.220 e. The molecule has 4 heteroatoms. The molecule has 0 saturated heterocycles. The Hall–Kier alpha value is -0.610. The molecule has 0 radical (unpaired) electrons. The highest BCUT2D eigenvalue weighted by atomic mass is 16.5. The predicted octanol–water partition coefficient (Wildman–Crippen LogP) is 1.54. The van der Waals surface area contributed by atoms with Gasteiger partial charge in [-0.15, -0.1) is 0 Å². The lowest BCUT2D eigenvalue weighted by molar-refractivity contribution is -0.121. The summed E-state index contributed by atoms with van der Waals surface area (Å²) in [7, 11) is 1.70. The Balaban J connectivity index is 3.75. The van der Waals surface area contributed by atoms with Crippen LogP contribution in [0.25, 0.3) is 0 Å². The van der Waals surface area contributed by atoms with E-state index in [4.69, 9.17) is 10.5 Å². The number of methoxy groups -OCH3 is 1. The molecular weight excluding hydrogens is 216 g/mol. The van der Waals surface area contributed by atoms with Crippen LogP contribution in [0.3, 0.4) is 0 Å². The summed E-state index contributed by atoms with van der Waals surface area (Å²) < 4.78 is 5.05. The second-order valence-corrected chi connectivity index (χ2v) is 5.56. The second kappa shape index (κ2) is 8.48. The lowest BCUT2D eigenvalue weighted by atomic mass is 9.89.